The summed E-state index contributed by atoms with van der Waals surface area (Å²) >= 11 is 13.4. The minimum Gasteiger partial charge on any atom is -0.493 e. The van der Waals surface area contributed by atoms with E-state index < -0.39 is 0 Å². The summed E-state index contributed by atoms with van der Waals surface area (Å²) in [7, 11) is 1.59. The zero-order chi connectivity index (χ0) is 22.1. The van der Waals surface area contributed by atoms with E-state index in [0.717, 1.165) is 5.56 Å². The molecule has 2 aromatic heterocycles. The van der Waals surface area contributed by atoms with Gasteiger partial charge in [0.2, 0.25) is 4.96 Å². The summed E-state index contributed by atoms with van der Waals surface area (Å²) in [5.41, 5.74) is 1.19. The fraction of sp³-hybridized carbons (Fsp3) is 0.227. The zero-order valence-corrected chi connectivity index (χ0v) is 19.4. The molecule has 9 heteroatoms. The third kappa shape index (κ3) is 4.54. The van der Waals surface area contributed by atoms with Gasteiger partial charge in [0.25, 0.3) is 5.56 Å². The molecule has 4 rings (SSSR count). The summed E-state index contributed by atoms with van der Waals surface area (Å²) in [5, 5.41) is 5.28. The highest BCUT2D eigenvalue weighted by atomic mass is 35.5. The largest absolute Gasteiger partial charge is 0.493 e. The van der Waals surface area contributed by atoms with Crippen molar-refractivity contribution < 1.29 is 9.47 Å². The molecule has 31 heavy (non-hydrogen) atoms. The molecule has 160 valence electrons. The highest BCUT2D eigenvalue weighted by molar-refractivity contribution is 7.15. The zero-order valence-electron chi connectivity index (χ0n) is 17.1. The lowest BCUT2D eigenvalue weighted by atomic mass is 10.2. The number of hydrogen-bond acceptors (Lipinski definition) is 6. The molecule has 0 aliphatic rings. The molecule has 0 amide bonds. The molecular weight excluding hydrogens is 457 g/mol. The lowest BCUT2D eigenvalue weighted by Gasteiger charge is -2.12. The van der Waals surface area contributed by atoms with E-state index in [4.69, 9.17) is 32.7 Å². The number of hydrogen-bond donors (Lipinski definition) is 0. The van der Waals surface area contributed by atoms with Crippen LogP contribution >= 0.6 is 34.5 Å². The molecule has 0 unspecified atom stereocenters. The molecule has 0 spiro atoms. The molecule has 0 saturated carbocycles. The molecule has 2 aromatic carbocycles. The van der Waals surface area contributed by atoms with Crippen LogP contribution in [0, 0.1) is 5.92 Å². The van der Waals surface area contributed by atoms with Crippen LogP contribution in [0.5, 0.6) is 11.5 Å². The van der Waals surface area contributed by atoms with Gasteiger partial charge in [0, 0.05) is 10.6 Å². The highest BCUT2D eigenvalue weighted by Gasteiger charge is 2.15. The Balaban J connectivity index is 1.69. The first kappa shape index (κ1) is 21.6. The molecule has 6 nitrogen and oxygen atoms in total. The Bertz CT molecular complexity index is 1360. The van der Waals surface area contributed by atoms with Gasteiger partial charge in [-0.2, -0.15) is 9.50 Å². The second kappa shape index (κ2) is 8.86. The van der Waals surface area contributed by atoms with E-state index >= 15 is 0 Å². The van der Waals surface area contributed by atoms with E-state index in [1.54, 1.807) is 31.4 Å². The van der Waals surface area contributed by atoms with Gasteiger partial charge in [0.15, 0.2) is 17.3 Å². The Kier molecular flexibility index (Phi) is 6.18. The molecule has 2 heterocycles. The second-order valence-corrected chi connectivity index (χ2v) is 9.14. The van der Waals surface area contributed by atoms with Crippen molar-refractivity contribution >= 4 is 45.6 Å². The summed E-state index contributed by atoms with van der Waals surface area (Å²) in [4.78, 5) is 17.8. The van der Waals surface area contributed by atoms with E-state index in [-0.39, 0.29) is 5.56 Å². The Hall–Kier alpha value is -2.61. The molecule has 4 aromatic rings. The number of ether oxygens (including phenoxy) is 2. The second-order valence-electron chi connectivity index (χ2n) is 7.28. The van der Waals surface area contributed by atoms with Crippen LogP contribution in [0.25, 0.3) is 22.4 Å². The lowest BCUT2D eigenvalue weighted by Crippen LogP contribution is -2.23. The van der Waals surface area contributed by atoms with Crippen molar-refractivity contribution in [2.75, 3.05) is 13.7 Å². The number of benzene rings is 2. The van der Waals surface area contributed by atoms with Crippen molar-refractivity contribution in [2.45, 2.75) is 13.8 Å². The van der Waals surface area contributed by atoms with E-state index in [9.17, 15) is 4.79 Å². The first-order valence-electron chi connectivity index (χ1n) is 9.53. The Morgan fingerprint density at radius 1 is 1.16 bits per heavy atom. The molecule has 0 fully saturated rings. The van der Waals surface area contributed by atoms with E-state index in [1.165, 1.54) is 15.9 Å². The molecule has 0 radical (unpaired) electrons. The predicted molar refractivity (Wildman–Crippen MR) is 125 cm³/mol. The number of aromatic nitrogens is 3. The number of thiazole rings is 1. The van der Waals surface area contributed by atoms with Crippen LogP contribution < -0.4 is 19.6 Å². The number of nitrogens with zero attached hydrogens (tertiary/aromatic N) is 3. The minimum absolute atomic E-state index is 0.247. The topological polar surface area (TPSA) is 65.7 Å². The van der Waals surface area contributed by atoms with Crippen LogP contribution in [0.2, 0.25) is 10.0 Å². The third-order valence-corrected chi connectivity index (χ3v) is 5.92. The first-order chi connectivity index (χ1) is 14.9. The Morgan fingerprint density at radius 2 is 1.97 bits per heavy atom. The van der Waals surface area contributed by atoms with Crippen molar-refractivity contribution in [1.29, 1.82) is 0 Å². The van der Waals surface area contributed by atoms with Crippen LogP contribution in [-0.4, -0.2) is 28.3 Å². The van der Waals surface area contributed by atoms with Gasteiger partial charge in [-0.05, 0) is 47.9 Å². The maximum Gasteiger partial charge on any atom is 0.291 e. The van der Waals surface area contributed by atoms with Gasteiger partial charge >= 0.3 is 0 Å². The van der Waals surface area contributed by atoms with Gasteiger partial charge in [0.05, 0.1) is 23.3 Å². The summed E-state index contributed by atoms with van der Waals surface area (Å²) in [5.74, 6) is 2.06. The average molecular weight is 476 g/mol. The highest BCUT2D eigenvalue weighted by Crippen LogP contribution is 2.30. The van der Waals surface area contributed by atoms with Crippen LogP contribution in [0.3, 0.4) is 0 Å². The Labute approximate surface area is 192 Å². The molecule has 0 aliphatic heterocycles. The van der Waals surface area contributed by atoms with Crippen molar-refractivity contribution in [2.24, 2.45) is 5.92 Å². The molecule has 0 atom stereocenters. The van der Waals surface area contributed by atoms with Gasteiger partial charge in [-0.15, -0.1) is 5.10 Å². The number of methoxy groups -OCH3 is 1. The molecular formula is C22H19Cl2N3O3S. The number of rotatable bonds is 6. The standard InChI is InChI=1S/C22H19Cl2N3O3S/c1-12(2)11-30-17-7-4-13(8-18(17)29-3)9-19-21(28)27-22(31-19)25-20(26-27)15-6-5-14(23)10-16(15)24/h4-10,12H,11H2,1-3H3. The molecule has 0 N–H and O–H groups in total. The fourth-order valence-electron chi connectivity index (χ4n) is 2.92. The maximum atomic E-state index is 12.8. The quantitative estimate of drug-likeness (QED) is 0.403. The van der Waals surface area contributed by atoms with Crippen LogP contribution in [-0.2, 0) is 0 Å². The summed E-state index contributed by atoms with van der Waals surface area (Å²) in [6, 6.07) is 10.6. The lowest BCUT2D eigenvalue weighted by molar-refractivity contribution is 0.257. The van der Waals surface area contributed by atoms with Crippen LogP contribution in [0.1, 0.15) is 19.4 Å². The summed E-state index contributed by atoms with van der Waals surface area (Å²) in [6.07, 6.45) is 1.78. The van der Waals surface area contributed by atoms with E-state index in [2.05, 4.69) is 23.9 Å². The molecule has 0 bridgehead atoms. The van der Waals surface area contributed by atoms with E-state index in [0.29, 0.717) is 55.0 Å². The predicted octanol–water partition coefficient (Wildman–Crippen LogP) is 4.72. The third-order valence-electron chi connectivity index (χ3n) is 4.41. The monoisotopic (exact) mass is 475 g/mol. The number of fused-ring (bicyclic) bond motifs is 1. The van der Waals surface area contributed by atoms with Gasteiger partial charge in [-0.3, -0.25) is 4.79 Å². The van der Waals surface area contributed by atoms with E-state index in [1.807, 2.05) is 18.2 Å². The summed E-state index contributed by atoms with van der Waals surface area (Å²) < 4.78 is 13.0. The van der Waals surface area contributed by atoms with Crippen molar-refractivity contribution in [3.63, 3.8) is 0 Å². The minimum atomic E-state index is -0.247. The van der Waals surface area contributed by atoms with Crippen LogP contribution in [0.4, 0.5) is 0 Å². The smallest absolute Gasteiger partial charge is 0.291 e. The van der Waals surface area contributed by atoms with Crippen molar-refractivity contribution in [3.05, 3.63) is 66.9 Å². The number of halogens is 2. The Morgan fingerprint density at radius 3 is 2.65 bits per heavy atom. The average Bonchev–Trinajstić information content (AvgIpc) is 3.26. The van der Waals surface area contributed by atoms with Gasteiger partial charge < -0.3 is 9.47 Å². The van der Waals surface area contributed by atoms with Gasteiger partial charge in [-0.25, -0.2) is 0 Å². The normalized spacial score (nSPS) is 12.1. The molecule has 0 aliphatic carbocycles. The van der Waals surface area contributed by atoms with Gasteiger partial charge in [-0.1, -0.05) is 54.5 Å². The SMILES string of the molecule is COc1cc(C=c2sc3nc(-c4ccc(Cl)cc4Cl)nn3c2=O)ccc1OCC(C)C. The van der Waals surface area contributed by atoms with Crippen molar-refractivity contribution in [1.82, 2.24) is 14.6 Å². The maximum absolute atomic E-state index is 12.8. The fourth-order valence-corrected chi connectivity index (χ4v) is 4.32. The van der Waals surface area contributed by atoms with Crippen LogP contribution in [0.15, 0.2) is 41.2 Å². The summed E-state index contributed by atoms with van der Waals surface area (Å²) in [6.45, 7) is 4.76. The molecule has 0 saturated heterocycles. The van der Waals surface area contributed by atoms with Crippen molar-refractivity contribution in [3.8, 4) is 22.9 Å². The first-order valence-corrected chi connectivity index (χ1v) is 11.1. The van der Waals surface area contributed by atoms with Gasteiger partial charge in [0.1, 0.15) is 0 Å².